The van der Waals surface area contributed by atoms with E-state index in [1.165, 1.54) is 44.5 Å². The van der Waals surface area contributed by atoms with Gasteiger partial charge in [0.1, 0.15) is 5.75 Å². The molecule has 0 saturated carbocycles. The van der Waals surface area contributed by atoms with Gasteiger partial charge in [-0.15, -0.1) is 12.4 Å². The van der Waals surface area contributed by atoms with Gasteiger partial charge in [-0.2, -0.15) is 0 Å². The predicted molar refractivity (Wildman–Crippen MR) is 115 cm³/mol. The molecule has 5 heteroatoms. The summed E-state index contributed by atoms with van der Waals surface area (Å²) in [6.07, 6.45) is 5.99. The van der Waals surface area contributed by atoms with E-state index < -0.39 is 0 Å². The molecule has 2 rings (SSSR count). The quantitative estimate of drug-likeness (QED) is 0.537. The number of nitrogens with one attached hydrogen (secondary N) is 1. The molecule has 150 valence electrons. The van der Waals surface area contributed by atoms with Crippen molar-refractivity contribution in [3.8, 4) is 5.75 Å². The Bertz CT molecular complexity index is 517. The smallest absolute Gasteiger partial charge is 0.137 e. The van der Waals surface area contributed by atoms with E-state index in [-0.39, 0.29) is 17.8 Å². The molecule has 0 aliphatic carbocycles. The van der Waals surface area contributed by atoms with Gasteiger partial charge in [-0.3, -0.25) is 0 Å². The number of halogens is 2. The Labute approximate surface area is 171 Å². The predicted octanol–water partition coefficient (Wildman–Crippen LogP) is 5.29. The highest BCUT2D eigenvalue weighted by atomic mass is 35.5. The van der Waals surface area contributed by atoms with E-state index in [0.717, 1.165) is 43.3 Å². The van der Waals surface area contributed by atoms with Gasteiger partial charge in [0.2, 0.25) is 0 Å². The highest BCUT2D eigenvalue weighted by molar-refractivity contribution is 6.32. The van der Waals surface area contributed by atoms with Gasteiger partial charge in [-0.25, -0.2) is 0 Å². The minimum atomic E-state index is 0. The van der Waals surface area contributed by atoms with Gasteiger partial charge in [0.15, 0.2) is 0 Å². The number of piperazine rings is 1. The molecule has 1 aromatic carbocycles. The number of unbranched alkanes of at least 4 members (excludes halogenated alkanes) is 3. The van der Waals surface area contributed by atoms with Crippen molar-refractivity contribution in [1.82, 2.24) is 10.2 Å². The average Bonchev–Trinajstić information content (AvgIpc) is 2.62. The van der Waals surface area contributed by atoms with Crippen molar-refractivity contribution in [1.29, 1.82) is 0 Å². The van der Waals surface area contributed by atoms with Gasteiger partial charge in [-0.05, 0) is 48.9 Å². The molecule has 1 saturated heterocycles. The fraction of sp³-hybridized carbons (Fsp3) is 0.714. The van der Waals surface area contributed by atoms with E-state index in [2.05, 4.69) is 43.1 Å². The van der Waals surface area contributed by atoms with Crippen molar-refractivity contribution >= 4 is 24.0 Å². The molecule has 0 bridgehead atoms. The minimum Gasteiger partial charge on any atom is -0.492 e. The standard InChI is InChI=1S/C21H35ClN2O.ClH/c1-4-21(2,3)18-9-10-20(19(22)17-18)25-16-8-6-5-7-13-24-14-11-23-12-15-24;/h9-10,17,23H,4-8,11-16H2,1-3H3;1H. The summed E-state index contributed by atoms with van der Waals surface area (Å²) in [7, 11) is 0. The van der Waals surface area contributed by atoms with Crippen molar-refractivity contribution in [3.05, 3.63) is 28.8 Å². The van der Waals surface area contributed by atoms with Gasteiger partial charge in [-0.1, -0.05) is 51.3 Å². The second-order valence-corrected chi connectivity index (χ2v) is 8.14. The molecular formula is C21H36Cl2N2O. The maximum absolute atomic E-state index is 6.41. The normalized spacial score (nSPS) is 15.5. The van der Waals surface area contributed by atoms with Crippen LogP contribution in [0.1, 0.15) is 58.4 Å². The third-order valence-electron chi connectivity index (χ3n) is 5.43. The lowest BCUT2D eigenvalue weighted by Gasteiger charge is -2.27. The van der Waals surface area contributed by atoms with Crippen LogP contribution in [0.5, 0.6) is 5.75 Å². The van der Waals surface area contributed by atoms with Crippen LogP contribution in [0.2, 0.25) is 5.02 Å². The lowest BCUT2D eigenvalue weighted by molar-refractivity contribution is 0.234. The molecule has 1 heterocycles. The molecular weight excluding hydrogens is 367 g/mol. The second kappa shape index (κ2) is 12.1. The molecule has 1 aliphatic rings. The molecule has 0 unspecified atom stereocenters. The maximum atomic E-state index is 6.41. The summed E-state index contributed by atoms with van der Waals surface area (Å²) in [4.78, 5) is 2.56. The summed E-state index contributed by atoms with van der Waals surface area (Å²) < 4.78 is 5.88. The van der Waals surface area contributed by atoms with E-state index in [9.17, 15) is 0 Å². The summed E-state index contributed by atoms with van der Waals surface area (Å²) >= 11 is 6.41. The van der Waals surface area contributed by atoms with Crippen molar-refractivity contribution in [3.63, 3.8) is 0 Å². The van der Waals surface area contributed by atoms with Crippen LogP contribution in [0.3, 0.4) is 0 Å². The summed E-state index contributed by atoms with van der Waals surface area (Å²) in [6, 6.07) is 6.24. The molecule has 26 heavy (non-hydrogen) atoms. The fourth-order valence-corrected chi connectivity index (χ4v) is 3.39. The van der Waals surface area contributed by atoms with E-state index in [1.54, 1.807) is 0 Å². The van der Waals surface area contributed by atoms with Crippen molar-refractivity contribution in [2.45, 2.75) is 58.3 Å². The van der Waals surface area contributed by atoms with Gasteiger partial charge >= 0.3 is 0 Å². The first-order valence-corrected chi connectivity index (χ1v) is 10.3. The first kappa shape index (κ1) is 23.6. The molecule has 1 aromatic rings. The lowest BCUT2D eigenvalue weighted by atomic mass is 9.82. The molecule has 1 N–H and O–H groups in total. The van der Waals surface area contributed by atoms with Gasteiger partial charge in [0.05, 0.1) is 11.6 Å². The van der Waals surface area contributed by atoms with Crippen LogP contribution in [-0.2, 0) is 5.41 Å². The summed E-state index contributed by atoms with van der Waals surface area (Å²) in [6.45, 7) is 13.4. The van der Waals surface area contributed by atoms with Crippen molar-refractivity contribution < 1.29 is 4.74 Å². The van der Waals surface area contributed by atoms with Crippen LogP contribution in [0.15, 0.2) is 18.2 Å². The highest BCUT2D eigenvalue weighted by Crippen LogP contribution is 2.33. The summed E-state index contributed by atoms with van der Waals surface area (Å²) in [5, 5.41) is 4.13. The van der Waals surface area contributed by atoms with Crippen molar-refractivity contribution in [2.24, 2.45) is 0 Å². The molecule has 0 spiro atoms. The molecule has 3 nitrogen and oxygen atoms in total. The Morgan fingerprint density at radius 3 is 2.46 bits per heavy atom. The first-order chi connectivity index (χ1) is 12.0. The number of nitrogens with zero attached hydrogens (tertiary/aromatic N) is 1. The Morgan fingerprint density at radius 1 is 1.12 bits per heavy atom. The first-order valence-electron chi connectivity index (χ1n) is 9.89. The van der Waals surface area contributed by atoms with Crippen LogP contribution in [0, 0.1) is 0 Å². The third kappa shape index (κ3) is 7.64. The number of hydrogen-bond donors (Lipinski definition) is 1. The Kier molecular flexibility index (Phi) is 10.9. The van der Waals surface area contributed by atoms with Crippen LogP contribution in [-0.4, -0.2) is 44.2 Å². The fourth-order valence-electron chi connectivity index (χ4n) is 3.15. The largest absolute Gasteiger partial charge is 0.492 e. The number of hydrogen-bond acceptors (Lipinski definition) is 3. The number of rotatable bonds is 10. The van der Waals surface area contributed by atoms with Gasteiger partial charge < -0.3 is 15.0 Å². The third-order valence-corrected chi connectivity index (χ3v) is 5.73. The molecule has 0 atom stereocenters. The zero-order chi connectivity index (χ0) is 18.1. The number of benzene rings is 1. The Balaban J connectivity index is 0.00000338. The lowest BCUT2D eigenvalue weighted by Crippen LogP contribution is -2.43. The average molecular weight is 403 g/mol. The Morgan fingerprint density at radius 2 is 1.81 bits per heavy atom. The zero-order valence-electron chi connectivity index (χ0n) is 16.7. The van der Waals surface area contributed by atoms with Gasteiger partial charge in [0, 0.05) is 26.2 Å². The SMILES string of the molecule is CCC(C)(C)c1ccc(OCCCCCCN2CCNCC2)c(Cl)c1.Cl. The molecule has 0 aromatic heterocycles. The van der Waals surface area contributed by atoms with Crippen molar-refractivity contribution in [2.75, 3.05) is 39.3 Å². The molecule has 1 aliphatic heterocycles. The van der Waals surface area contributed by atoms with Crippen LogP contribution < -0.4 is 10.1 Å². The van der Waals surface area contributed by atoms with E-state index in [4.69, 9.17) is 16.3 Å². The van der Waals surface area contributed by atoms with E-state index in [1.807, 2.05) is 6.07 Å². The van der Waals surface area contributed by atoms with Crippen LogP contribution in [0.25, 0.3) is 0 Å². The van der Waals surface area contributed by atoms with Crippen LogP contribution in [0.4, 0.5) is 0 Å². The Hall–Kier alpha value is -0.480. The summed E-state index contributed by atoms with van der Waals surface area (Å²) in [5.41, 5.74) is 1.44. The molecule has 0 amide bonds. The van der Waals surface area contributed by atoms with Crippen LogP contribution >= 0.6 is 24.0 Å². The highest BCUT2D eigenvalue weighted by Gasteiger charge is 2.19. The summed E-state index contributed by atoms with van der Waals surface area (Å²) in [5.74, 6) is 0.818. The molecule has 1 fully saturated rings. The minimum absolute atomic E-state index is 0. The van der Waals surface area contributed by atoms with E-state index in [0.29, 0.717) is 0 Å². The van der Waals surface area contributed by atoms with Gasteiger partial charge in [0.25, 0.3) is 0 Å². The number of ether oxygens (including phenoxy) is 1. The zero-order valence-corrected chi connectivity index (χ0v) is 18.2. The topological polar surface area (TPSA) is 24.5 Å². The second-order valence-electron chi connectivity index (χ2n) is 7.74. The molecule has 0 radical (unpaired) electrons. The monoisotopic (exact) mass is 402 g/mol. The maximum Gasteiger partial charge on any atom is 0.137 e. The van der Waals surface area contributed by atoms with E-state index >= 15 is 0 Å².